The number of nitriles is 1. The van der Waals surface area contributed by atoms with Crippen LogP contribution < -0.4 is 4.90 Å². The summed E-state index contributed by atoms with van der Waals surface area (Å²) >= 11 is 0. The number of carbonyl (C=O) groups excluding carboxylic acids is 1. The van der Waals surface area contributed by atoms with E-state index in [-0.39, 0.29) is 5.91 Å². The summed E-state index contributed by atoms with van der Waals surface area (Å²) in [5.74, 6) is 0.00251. The average molecular weight is 285 g/mol. The fourth-order valence-electron chi connectivity index (χ4n) is 2.87. The Labute approximate surface area is 127 Å². The third kappa shape index (κ3) is 3.02. The standard InChI is InChI=1S/C17H23N3O/c1-3-17(4-2,14-18)16(21)20-12-10-19(11-13-20)15-8-6-5-7-9-15/h5-9H,3-4,10-13H2,1-2H3. The number of hydrogen-bond donors (Lipinski definition) is 0. The molecule has 112 valence electrons. The Morgan fingerprint density at radius 1 is 1.14 bits per heavy atom. The summed E-state index contributed by atoms with van der Waals surface area (Å²) in [5, 5.41) is 9.40. The minimum absolute atomic E-state index is 0.00251. The van der Waals surface area contributed by atoms with Crippen molar-refractivity contribution in [2.24, 2.45) is 5.41 Å². The van der Waals surface area contributed by atoms with E-state index in [1.807, 2.05) is 36.9 Å². The first-order valence-electron chi connectivity index (χ1n) is 7.67. The SMILES string of the molecule is CCC(C#N)(CC)C(=O)N1CCN(c2ccccc2)CC1. The zero-order valence-corrected chi connectivity index (χ0v) is 12.9. The number of para-hydroxylation sites is 1. The molecule has 0 aromatic heterocycles. The van der Waals surface area contributed by atoms with Gasteiger partial charge in [0.2, 0.25) is 5.91 Å². The van der Waals surface area contributed by atoms with Gasteiger partial charge in [-0.05, 0) is 25.0 Å². The molecule has 1 aliphatic heterocycles. The summed E-state index contributed by atoms with van der Waals surface area (Å²) in [4.78, 5) is 16.8. The van der Waals surface area contributed by atoms with Crippen LogP contribution in [0.3, 0.4) is 0 Å². The molecular weight excluding hydrogens is 262 g/mol. The van der Waals surface area contributed by atoms with Crippen LogP contribution in [-0.2, 0) is 4.79 Å². The van der Waals surface area contributed by atoms with Gasteiger partial charge in [0.15, 0.2) is 0 Å². The summed E-state index contributed by atoms with van der Waals surface area (Å²) in [6.07, 6.45) is 1.16. The number of hydrogen-bond acceptors (Lipinski definition) is 3. The molecule has 0 aliphatic carbocycles. The van der Waals surface area contributed by atoms with E-state index in [4.69, 9.17) is 0 Å². The number of carbonyl (C=O) groups is 1. The van der Waals surface area contributed by atoms with E-state index < -0.39 is 5.41 Å². The van der Waals surface area contributed by atoms with E-state index in [2.05, 4.69) is 23.1 Å². The average Bonchev–Trinajstić information content (AvgIpc) is 2.58. The maximum atomic E-state index is 12.6. The highest BCUT2D eigenvalue weighted by Crippen LogP contribution is 2.29. The lowest BCUT2D eigenvalue weighted by molar-refractivity contribution is -0.139. The van der Waals surface area contributed by atoms with E-state index in [0.717, 1.165) is 13.1 Å². The van der Waals surface area contributed by atoms with Crippen LogP contribution in [0.25, 0.3) is 0 Å². The number of piperazine rings is 1. The summed E-state index contributed by atoms with van der Waals surface area (Å²) in [6, 6.07) is 12.5. The van der Waals surface area contributed by atoms with E-state index >= 15 is 0 Å². The number of nitrogens with zero attached hydrogens (tertiary/aromatic N) is 3. The fourth-order valence-corrected chi connectivity index (χ4v) is 2.87. The number of amides is 1. The van der Waals surface area contributed by atoms with Gasteiger partial charge in [0, 0.05) is 31.9 Å². The van der Waals surface area contributed by atoms with E-state index in [0.29, 0.717) is 25.9 Å². The van der Waals surface area contributed by atoms with Crippen molar-refractivity contribution in [1.29, 1.82) is 5.26 Å². The molecule has 1 saturated heterocycles. The van der Waals surface area contributed by atoms with Crippen LogP contribution in [0.1, 0.15) is 26.7 Å². The molecule has 0 bridgehead atoms. The van der Waals surface area contributed by atoms with Gasteiger partial charge in [0.05, 0.1) is 6.07 Å². The lowest BCUT2D eigenvalue weighted by Crippen LogP contribution is -2.53. The highest BCUT2D eigenvalue weighted by molar-refractivity contribution is 5.85. The molecule has 4 heteroatoms. The van der Waals surface area contributed by atoms with Crippen LogP contribution in [0.2, 0.25) is 0 Å². The Bertz CT molecular complexity index is 509. The molecule has 1 aliphatic rings. The summed E-state index contributed by atoms with van der Waals surface area (Å²) in [5.41, 5.74) is 0.358. The third-order valence-corrected chi connectivity index (χ3v) is 4.52. The molecule has 0 atom stereocenters. The van der Waals surface area contributed by atoms with Crippen molar-refractivity contribution in [3.63, 3.8) is 0 Å². The minimum atomic E-state index is -0.838. The van der Waals surface area contributed by atoms with Gasteiger partial charge in [0.1, 0.15) is 5.41 Å². The van der Waals surface area contributed by atoms with Crippen molar-refractivity contribution in [2.45, 2.75) is 26.7 Å². The second kappa shape index (κ2) is 6.62. The van der Waals surface area contributed by atoms with E-state index in [1.54, 1.807) is 0 Å². The quantitative estimate of drug-likeness (QED) is 0.854. The van der Waals surface area contributed by atoms with Gasteiger partial charge in [-0.2, -0.15) is 5.26 Å². The predicted molar refractivity (Wildman–Crippen MR) is 83.9 cm³/mol. The molecule has 1 aromatic rings. The van der Waals surface area contributed by atoms with Crippen LogP contribution in [-0.4, -0.2) is 37.0 Å². The molecule has 0 radical (unpaired) electrons. The van der Waals surface area contributed by atoms with Crippen molar-refractivity contribution in [3.8, 4) is 6.07 Å². The van der Waals surface area contributed by atoms with Crippen LogP contribution in [0.15, 0.2) is 30.3 Å². The van der Waals surface area contributed by atoms with Gasteiger partial charge in [-0.25, -0.2) is 0 Å². The Hall–Kier alpha value is -2.02. The topological polar surface area (TPSA) is 47.3 Å². The zero-order chi connectivity index (χ0) is 15.3. The molecule has 4 nitrogen and oxygen atoms in total. The first kappa shape index (κ1) is 15.4. The lowest BCUT2D eigenvalue weighted by atomic mass is 9.82. The van der Waals surface area contributed by atoms with Crippen LogP contribution in [0, 0.1) is 16.7 Å². The minimum Gasteiger partial charge on any atom is -0.368 e. The lowest BCUT2D eigenvalue weighted by Gasteiger charge is -2.39. The molecule has 2 rings (SSSR count). The smallest absolute Gasteiger partial charge is 0.243 e. The van der Waals surface area contributed by atoms with Gasteiger partial charge in [-0.3, -0.25) is 4.79 Å². The van der Waals surface area contributed by atoms with Crippen molar-refractivity contribution >= 4 is 11.6 Å². The second-order valence-electron chi connectivity index (χ2n) is 5.52. The first-order valence-corrected chi connectivity index (χ1v) is 7.67. The molecule has 0 saturated carbocycles. The summed E-state index contributed by atoms with van der Waals surface area (Å²) in [6.45, 7) is 6.87. The molecule has 1 fully saturated rings. The van der Waals surface area contributed by atoms with E-state index in [1.165, 1.54) is 5.69 Å². The maximum absolute atomic E-state index is 12.6. The number of anilines is 1. The van der Waals surface area contributed by atoms with Crippen molar-refractivity contribution in [3.05, 3.63) is 30.3 Å². The van der Waals surface area contributed by atoms with Crippen LogP contribution in [0.5, 0.6) is 0 Å². The maximum Gasteiger partial charge on any atom is 0.243 e. The third-order valence-electron chi connectivity index (χ3n) is 4.52. The van der Waals surface area contributed by atoms with Gasteiger partial charge in [-0.15, -0.1) is 0 Å². The molecule has 1 amide bonds. The predicted octanol–water partition coefficient (Wildman–Crippen LogP) is 2.67. The monoisotopic (exact) mass is 285 g/mol. The molecule has 1 aromatic carbocycles. The normalized spacial score (nSPS) is 15.7. The first-order chi connectivity index (χ1) is 10.2. The molecule has 21 heavy (non-hydrogen) atoms. The van der Waals surface area contributed by atoms with Gasteiger partial charge < -0.3 is 9.80 Å². The van der Waals surface area contributed by atoms with Gasteiger partial charge in [-0.1, -0.05) is 32.0 Å². The molecule has 0 spiro atoms. The van der Waals surface area contributed by atoms with Crippen molar-refractivity contribution in [1.82, 2.24) is 4.90 Å². The van der Waals surface area contributed by atoms with Crippen molar-refractivity contribution in [2.75, 3.05) is 31.1 Å². The molecule has 0 N–H and O–H groups in total. The summed E-state index contributed by atoms with van der Waals surface area (Å²) < 4.78 is 0. The Kier molecular flexibility index (Phi) is 4.85. The second-order valence-corrected chi connectivity index (χ2v) is 5.52. The van der Waals surface area contributed by atoms with E-state index in [9.17, 15) is 10.1 Å². The highest BCUT2D eigenvalue weighted by Gasteiger charge is 2.39. The van der Waals surface area contributed by atoms with Crippen LogP contribution in [0.4, 0.5) is 5.69 Å². The van der Waals surface area contributed by atoms with Gasteiger partial charge >= 0.3 is 0 Å². The zero-order valence-electron chi connectivity index (χ0n) is 12.9. The summed E-state index contributed by atoms with van der Waals surface area (Å²) in [7, 11) is 0. The Morgan fingerprint density at radius 3 is 2.19 bits per heavy atom. The molecular formula is C17H23N3O. The number of benzene rings is 1. The number of rotatable bonds is 4. The molecule has 0 unspecified atom stereocenters. The van der Waals surface area contributed by atoms with Crippen LogP contribution >= 0.6 is 0 Å². The largest absolute Gasteiger partial charge is 0.368 e. The Morgan fingerprint density at radius 2 is 1.71 bits per heavy atom. The fraction of sp³-hybridized carbons (Fsp3) is 0.529. The van der Waals surface area contributed by atoms with Gasteiger partial charge in [0.25, 0.3) is 0 Å². The Balaban J connectivity index is 2.01. The van der Waals surface area contributed by atoms with Crippen molar-refractivity contribution < 1.29 is 4.79 Å². The molecule has 1 heterocycles. The highest BCUT2D eigenvalue weighted by atomic mass is 16.2.